The molecule has 1 aliphatic heterocycles. The van der Waals surface area contributed by atoms with Gasteiger partial charge in [0.25, 0.3) is 0 Å². The van der Waals surface area contributed by atoms with Gasteiger partial charge in [-0.25, -0.2) is 4.39 Å². The van der Waals surface area contributed by atoms with E-state index in [0.717, 1.165) is 28.1 Å². The van der Waals surface area contributed by atoms with Gasteiger partial charge in [-0.1, -0.05) is 57.2 Å². The van der Waals surface area contributed by atoms with E-state index >= 15 is 0 Å². The summed E-state index contributed by atoms with van der Waals surface area (Å²) in [6.07, 6.45) is -0.586. The lowest BCUT2D eigenvalue weighted by Gasteiger charge is -2.45. The number of anilines is 1. The number of ether oxygens (including phenoxy) is 3. The smallest absolute Gasteiger partial charge is 0.132 e. The third-order valence-corrected chi connectivity index (χ3v) is 6.73. The second-order valence-corrected chi connectivity index (χ2v) is 11.7. The summed E-state index contributed by atoms with van der Waals surface area (Å²) in [6, 6.07) is 21.2. The maximum Gasteiger partial charge on any atom is 0.132 e. The number of hydrogen-bond acceptors (Lipinski definition) is 4. The van der Waals surface area contributed by atoms with Crippen LogP contribution in [0.2, 0.25) is 0 Å². The highest BCUT2D eigenvalue weighted by molar-refractivity contribution is 5.54. The largest absolute Gasteiger partial charge is 0.485 e. The third-order valence-electron chi connectivity index (χ3n) is 6.73. The summed E-state index contributed by atoms with van der Waals surface area (Å²) in [5.74, 6) is 0.569. The summed E-state index contributed by atoms with van der Waals surface area (Å²) in [5.41, 5.74) is 4.86. The first kappa shape index (κ1) is 27.2. The first-order chi connectivity index (χ1) is 17.4. The highest BCUT2D eigenvalue weighted by Crippen LogP contribution is 2.45. The maximum absolute atomic E-state index is 13.3. The van der Waals surface area contributed by atoms with Gasteiger partial charge < -0.3 is 19.5 Å². The molecule has 0 saturated carbocycles. The van der Waals surface area contributed by atoms with Crippen LogP contribution in [0.5, 0.6) is 5.75 Å². The zero-order valence-electron chi connectivity index (χ0n) is 23.1. The van der Waals surface area contributed by atoms with Crippen molar-refractivity contribution in [2.24, 2.45) is 0 Å². The van der Waals surface area contributed by atoms with E-state index in [1.54, 1.807) is 12.1 Å². The molecule has 0 saturated heterocycles. The van der Waals surface area contributed by atoms with Crippen LogP contribution in [0, 0.1) is 5.82 Å². The Labute approximate surface area is 221 Å². The van der Waals surface area contributed by atoms with Crippen LogP contribution in [0.4, 0.5) is 10.1 Å². The molecule has 0 aliphatic carbocycles. The molecular weight excluding hydrogens is 465 g/mol. The molecule has 198 valence electrons. The van der Waals surface area contributed by atoms with Gasteiger partial charge >= 0.3 is 0 Å². The zero-order valence-corrected chi connectivity index (χ0v) is 23.1. The van der Waals surface area contributed by atoms with Crippen LogP contribution in [-0.2, 0) is 28.0 Å². The van der Waals surface area contributed by atoms with Crippen molar-refractivity contribution < 1.29 is 18.6 Å². The summed E-state index contributed by atoms with van der Waals surface area (Å²) in [6.45, 7) is 15.9. The van der Waals surface area contributed by atoms with Gasteiger partial charge in [-0.2, -0.15) is 0 Å². The number of halogens is 1. The molecule has 4 rings (SSSR count). The molecule has 1 N–H and O–H groups in total. The summed E-state index contributed by atoms with van der Waals surface area (Å²) >= 11 is 0. The highest BCUT2D eigenvalue weighted by atomic mass is 19.1. The molecule has 5 heteroatoms. The molecule has 2 atom stereocenters. The minimum atomic E-state index is -0.582. The standard InChI is InChI=1S/C32H40FNO3/c1-21(2)36-29-27-18-26(34-19-22-10-14-25(33)15-11-22)16-17-28(27)37-32(6,7)30(29)35-20-23-8-12-24(13-9-23)31(3,4)5/h8-18,21,29-30,34H,19-20H2,1-7H3. The first-order valence-corrected chi connectivity index (χ1v) is 13.1. The van der Waals surface area contributed by atoms with Crippen molar-refractivity contribution in [1.29, 1.82) is 0 Å². The Hall–Kier alpha value is -2.89. The van der Waals surface area contributed by atoms with Crippen LogP contribution in [0.1, 0.15) is 76.8 Å². The lowest BCUT2D eigenvalue weighted by Crippen LogP contribution is -2.51. The topological polar surface area (TPSA) is 39.7 Å². The molecule has 2 unspecified atom stereocenters. The zero-order chi connectivity index (χ0) is 26.8. The molecule has 0 aromatic heterocycles. The summed E-state index contributed by atoms with van der Waals surface area (Å²) < 4.78 is 32.7. The maximum atomic E-state index is 13.3. The monoisotopic (exact) mass is 505 g/mol. The van der Waals surface area contributed by atoms with E-state index in [2.05, 4.69) is 70.3 Å². The van der Waals surface area contributed by atoms with Crippen LogP contribution < -0.4 is 10.1 Å². The van der Waals surface area contributed by atoms with E-state index in [-0.39, 0.29) is 29.5 Å². The Morgan fingerprint density at radius 3 is 2.22 bits per heavy atom. The van der Waals surface area contributed by atoms with Crippen molar-refractivity contribution in [1.82, 2.24) is 0 Å². The predicted octanol–water partition coefficient (Wildman–Crippen LogP) is 7.96. The van der Waals surface area contributed by atoms with Crippen LogP contribution in [-0.4, -0.2) is 17.8 Å². The number of nitrogens with one attached hydrogen (secondary N) is 1. The predicted molar refractivity (Wildman–Crippen MR) is 148 cm³/mol. The van der Waals surface area contributed by atoms with E-state index in [1.165, 1.54) is 17.7 Å². The Bertz CT molecular complexity index is 1180. The van der Waals surface area contributed by atoms with Crippen molar-refractivity contribution in [3.05, 3.63) is 94.8 Å². The van der Waals surface area contributed by atoms with E-state index in [0.29, 0.717) is 13.2 Å². The number of rotatable bonds is 8. The SMILES string of the molecule is CC(C)OC1c2cc(NCc3ccc(F)cc3)ccc2OC(C)(C)C1OCc1ccc(C(C)(C)C)cc1. The first-order valence-electron chi connectivity index (χ1n) is 13.1. The van der Waals surface area contributed by atoms with E-state index < -0.39 is 5.60 Å². The fraction of sp³-hybridized carbons (Fsp3) is 0.438. The van der Waals surface area contributed by atoms with Gasteiger partial charge in [0.05, 0.1) is 12.7 Å². The van der Waals surface area contributed by atoms with Crippen molar-refractivity contribution in [3.63, 3.8) is 0 Å². The van der Waals surface area contributed by atoms with Gasteiger partial charge in [0, 0.05) is 17.8 Å². The van der Waals surface area contributed by atoms with Gasteiger partial charge in [-0.3, -0.25) is 0 Å². The number of benzene rings is 3. The quantitative estimate of drug-likeness (QED) is 0.337. The van der Waals surface area contributed by atoms with Gasteiger partial charge in [0.1, 0.15) is 29.4 Å². The molecule has 0 radical (unpaired) electrons. The van der Waals surface area contributed by atoms with Crippen LogP contribution in [0.25, 0.3) is 0 Å². The second-order valence-electron chi connectivity index (χ2n) is 11.7. The average molecular weight is 506 g/mol. The van der Waals surface area contributed by atoms with Crippen LogP contribution in [0.15, 0.2) is 66.7 Å². The Kier molecular flexibility index (Phi) is 7.96. The molecule has 0 amide bonds. The summed E-state index contributed by atoms with van der Waals surface area (Å²) in [5, 5.41) is 3.44. The molecule has 1 aliphatic rings. The van der Waals surface area contributed by atoms with Gasteiger partial charge in [-0.15, -0.1) is 0 Å². The van der Waals surface area contributed by atoms with Gasteiger partial charge in [0.15, 0.2) is 0 Å². The molecule has 37 heavy (non-hydrogen) atoms. The second kappa shape index (κ2) is 10.8. The van der Waals surface area contributed by atoms with Crippen molar-refractivity contribution in [2.75, 3.05) is 5.32 Å². The Morgan fingerprint density at radius 2 is 1.59 bits per heavy atom. The number of hydrogen-bond donors (Lipinski definition) is 1. The molecule has 4 nitrogen and oxygen atoms in total. The summed E-state index contributed by atoms with van der Waals surface area (Å²) in [4.78, 5) is 0. The van der Waals surface area contributed by atoms with Crippen LogP contribution in [0.3, 0.4) is 0 Å². The fourth-order valence-corrected chi connectivity index (χ4v) is 4.66. The van der Waals surface area contributed by atoms with Crippen molar-refractivity contribution in [3.8, 4) is 5.75 Å². The molecule has 3 aromatic rings. The third kappa shape index (κ3) is 6.71. The van der Waals surface area contributed by atoms with Crippen molar-refractivity contribution in [2.45, 2.75) is 90.9 Å². The van der Waals surface area contributed by atoms with Crippen LogP contribution >= 0.6 is 0 Å². The van der Waals surface area contributed by atoms with Crippen molar-refractivity contribution >= 4 is 5.69 Å². The Balaban J connectivity index is 1.55. The van der Waals surface area contributed by atoms with E-state index in [1.807, 2.05) is 26.0 Å². The van der Waals surface area contributed by atoms with Gasteiger partial charge in [-0.05, 0) is 80.1 Å². The number of fused-ring (bicyclic) bond motifs is 1. The Morgan fingerprint density at radius 1 is 0.946 bits per heavy atom. The normalized spacial score (nSPS) is 18.8. The summed E-state index contributed by atoms with van der Waals surface area (Å²) in [7, 11) is 0. The lowest BCUT2D eigenvalue weighted by atomic mass is 9.86. The molecule has 1 heterocycles. The molecule has 0 bridgehead atoms. The minimum Gasteiger partial charge on any atom is -0.485 e. The molecular formula is C32H40FNO3. The highest BCUT2D eigenvalue weighted by Gasteiger charge is 2.46. The lowest BCUT2D eigenvalue weighted by molar-refractivity contribution is -0.177. The van der Waals surface area contributed by atoms with E-state index in [9.17, 15) is 4.39 Å². The molecule has 3 aromatic carbocycles. The molecule has 0 fully saturated rings. The minimum absolute atomic E-state index is 0.0137. The van der Waals surface area contributed by atoms with E-state index in [4.69, 9.17) is 14.2 Å². The molecule has 0 spiro atoms. The fourth-order valence-electron chi connectivity index (χ4n) is 4.66. The van der Waals surface area contributed by atoms with Gasteiger partial charge in [0.2, 0.25) is 0 Å². The average Bonchev–Trinajstić information content (AvgIpc) is 2.82.